The van der Waals surface area contributed by atoms with Crippen LogP contribution in [0.2, 0.25) is 0 Å². The molecule has 0 spiro atoms. The van der Waals surface area contributed by atoms with Gasteiger partial charge in [0, 0.05) is 18.4 Å². The molecule has 2 unspecified atom stereocenters. The van der Waals surface area contributed by atoms with E-state index in [9.17, 15) is 0 Å². The van der Waals surface area contributed by atoms with Gasteiger partial charge in [0.25, 0.3) is 0 Å². The summed E-state index contributed by atoms with van der Waals surface area (Å²) in [4.78, 5) is 4.18. The highest BCUT2D eigenvalue weighted by molar-refractivity contribution is 5.16. The van der Waals surface area contributed by atoms with Gasteiger partial charge in [0.1, 0.15) is 0 Å². The summed E-state index contributed by atoms with van der Waals surface area (Å²) < 4.78 is 0. The van der Waals surface area contributed by atoms with Gasteiger partial charge in [-0.1, -0.05) is 13.0 Å². The summed E-state index contributed by atoms with van der Waals surface area (Å²) in [5, 5.41) is 3.52. The van der Waals surface area contributed by atoms with E-state index in [4.69, 9.17) is 0 Å². The molecule has 1 fully saturated rings. The van der Waals surface area contributed by atoms with Crippen molar-refractivity contribution in [2.24, 2.45) is 0 Å². The van der Waals surface area contributed by atoms with E-state index in [1.54, 1.807) is 0 Å². The zero-order valence-corrected chi connectivity index (χ0v) is 8.74. The second-order valence-corrected chi connectivity index (χ2v) is 4.05. The number of hydrogen-bond acceptors (Lipinski definition) is 2. The largest absolute Gasteiger partial charge is 0.314 e. The van der Waals surface area contributed by atoms with Gasteiger partial charge >= 0.3 is 0 Å². The van der Waals surface area contributed by atoms with Gasteiger partial charge in [-0.05, 0) is 43.4 Å². The number of nitrogens with zero attached hydrogens (tertiary/aromatic N) is 1. The molecular weight excluding hydrogens is 172 g/mol. The lowest BCUT2D eigenvalue weighted by atomic mass is 9.99. The molecule has 1 saturated carbocycles. The highest BCUT2D eigenvalue weighted by Crippen LogP contribution is 2.33. The minimum Gasteiger partial charge on any atom is -0.314 e. The van der Waals surface area contributed by atoms with Crippen molar-refractivity contribution in [2.75, 3.05) is 6.54 Å². The highest BCUT2D eigenvalue weighted by Gasteiger charge is 2.24. The van der Waals surface area contributed by atoms with E-state index in [-0.39, 0.29) is 0 Å². The SMILES string of the molecule is CCNC1CCC(c2cccnc2)C1. The average Bonchev–Trinajstić information content (AvgIpc) is 2.68. The summed E-state index contributed by atoms with van der Waals surface area (Å²) in [5.74, 6) is 0.729. The fourth-order valence-electron chi connectivity index (χ4n) is 2.38. The molecule has 1 aromatic heterocycles. The summed E-state index contributed by atoms with van der Waals surface area (Å²) in [6.45, 7) is 3.27. The quantitative estimate of drug-likeness (QED) is 0.791. The fraction of sp³-hybridized carbons (Fsp3) is 0.583. The van der Waals surface area contributed by atoms with Crippen LogP contribution in [0.15, 0.2) is 24.5 Å². The molecule has 1 aliphatic rings. The Morgan fingerprint density at radius 2 is 2.43 bits per heavy atom. The first-order chi connectivity index (χ1) is 6.90. The maximum Gasteiger partial charge on any atom is 0.0302 e. The van der Waals surface area contributed by atoms with Gasteiger partial charge < -0.3 is 5.32 Å². The maximum absolute atomic E-state index is 4.18. The van der Waals surface area contributed by atoms with Crippen molar-refractivity contribution < 1.29 is 0 Å². The van der Waals surface area contributed by atoms with Crippen molar-refractivity contribution in [3.05, 3.63) is 30.1 Å². The standard InChI is InChI=1S/C12H18N2/c1-2-14-12-6-5-10(8-12)11-4-3-7-13-9-11/h3-4,7,9-10,12,14H,2,5-6,8H2,1H3. The normalized spacial score (nSPS) is 26.6. The lowest BCUT2D eigenvalue weighted by molar-refractivity contribution is 0.535. The van der Waals surface area contributed by atoms with Crippen molar-refractivity contribution in [3.8, 4) is 0 Å². The second kappa shape index (κ2) is 4.56. The van der Waals surface area contributed by atoms with E-state index in [1.165, 1.54) is 24.8 Å². The van der Waals surface area contributed by atoms with E-state index >= 15 is 0 Å². The predicted molar refractivity (Wildman–Crippen MR) is 58.3 cm³/mol. The Morgan fingerprint density at radius 1 is 1.50 bits per heavy atom. The molecule has 0 amide bonds. The minimum atomic E-state index is 0.727. The Morgan fingerprint density at radius 3 is 3.14 bits per heavy atom. The van der Waals surface area contributed by atoms with Crippen LogP contribution in [0.3, 0.4) is 0 Å². The first-order valence-corrected chi connectivity index (χ1v) is 5.53. The zero-order valence-electron chi connectivity index (χ0n) is 8.74. The molecule has 2 rings (SSSR count). The molecule has 1 aliphatic carbocycles. The fourth-order valence-corrected chi connectivity index (χ4v) is 2.38. The van der Waals surface area contributed by atoms with Crippen molar-refractivity contribution in [1.82, 2.24) is 10.3 Å². The highest BCUT2D eigenvalue weighted by atomic mass is 14.9. The van der Waals surface area contributed by atoms with Crippen molar-refractivity contribution in [1.29, 1.82) is 0 Å². The summed E-state index contributed by atoms with van der Waals surface area (Å²) >= 11 is 0. The van der Waals surface area contributed by atoms with E-state index < -0.39 is 0 Å². The number of rotatable bonds is 3. The Labute approximate surface area is 85.7 Å². The topological polar surface area (TPSA) is 24.9 Å². The molecular formula is C12H18N2. The van der Waals surface area contributed by atoms with Gasteiger partial charge in [-0.25, -0.2) is 0 Å². The number of hydrogen-bond donors (Lipinski definition) is 1. The Kier molecular flexibility index (Phi) is 3.14. The van der Waals surface area contributed by atoms with Gasteiger partial charge in [-0.2, -0.15) is 0 Å². The average molecular weight is 190 g/mol. The molecule has 0 aromatic carbocycles. The smallest absolute Gasteiger partial charge is 0.0302 e. The van der Waals surface area contributed by atoms with Crippen LogP contribution >= 0.6 is 0 Å². The predicted octanol–water partition coefficient (Wildman–Crippen LogP) is 2.33. The van der Waals surface area contributed by atoms with E-state index in [0.717, 1.165) is 18.5 Å². The van der Waals surface area contributed by atoms with Gasteiger partial charge in [-0.15, -0.1) is 0 Å². The molecule has 14 heavy (non-hydrogen) atoms. The van der Waals surface area contributed by atoms with Gasteiger partial charge in [0.2, 0.25) is 0 Å². The van der Waals surface area contributed by atoms with Crippen molar-refractivity contribution >= 4 is 0 Å². The van der Waals surface area contributed by atoms with E-state index in [0.29, 0.717) is 0 Å². The van der Waals surface area contributed by atoms with Crippen LogP contribution in [0.1, 0.15) is 37.7 Å². The molecule has 0 bridgehead atoms. The van der Waals surface area contributed by atoms with Crippen LogP contribution in [0.5, 0.6) is 0 Å². The Bertz CT molecular complexity index is 271. The third kappa shape index (κ3) is 2.13. The summed E-state index contributed by atoms with van der Waals surface area (Å²) in [6, 6.07) is 4.97. The molecule has 1 heterocycles. The van der Waals surface area contributed by atoms with Crippen LogP contribution in [0, 0.1) is 0 Å². The number of pyridine rings is 1. The van der Waals surface area contributed by atoms with Crippen LogP contribution in [0.25, 0.3) is 0 Å². The van der Waals surface area contributed by atoms with Crippen LogP contribution < -0.4 is 5.32 Å². The van der Waals surface area contributed by atoms with Gasteiger partial charge in [0.15, 0.2) is 0 Å². The third-order valence-electron chi connectivity index (χ3n) is 3.08. The van der Waals surface area contributed by atoms with Crippen LogP contribution in [-0.4, -0.2) is 17.6 Å². The minimum absolute atomic E-state index is 0.727. The summed E-state index contributed by atoms with van der Waals surface area (Å²) in [5.41, 5.74) is 1.41. The second-order valence-electron chi connectivity index (χ2n) is 4.05. The molecule has 1 N–H and O–H groups in total. The van der Waals surface area contributed by atoms with Gasteiger partial charge in [0.05, 0.1) is 0 Å². The van der Waals surface area contributed by atoms with E-state index in [1.807, 2.05) is 18.5 Å². The molecule has 2 heteroatoms. The van der Waals surface area contributed by atoms with Crippen LogP contribution in [-0.2, 0) is 0 Å². The molecule has 0 radical (unpaired) electrons. The summed E-state index contributed by atoms with van der Waals surface area (Å²) in [7, 11) is 0. The molecule has 0 saturated heterocycles. The maximum atomic E-state index is 4.18. The van der Waals surface area contributed by atoms with Gasteiger partial charge in [-0.3, -0.25) is 4.98 Å². The molecule has 0 aliphatic heterocycles. The van der Waals surface area contributed by atoms with E-state index in [2.05, 4.69) is 23.3 Å². The monoisotopic (exact) mass is 190 g/mol. The Balaban J connectivity index is 1.96. The number of aromatic nitrogens is 1. The lowest BCUT2D eigenvalue weighted by Gasteiger charge is -2.11. The first kappa shape index (κ1) is 9.66. The molecule has 2 nitrogen and oxygen atoms in total. The van der Waals surface area contributed by atoms with Crippen LogP contribution in [0.4, 0.5) is 0 Å². The third-order valence-corrected chi connectivity index (χ3v) is 3.08. The first-order valence-electron chi connectivity index (χ1n) is 5.53. The molecule has 2 atom stereocenters. The van der Waals surface area contributed by atoms with Crippen molar-refractivity contribution in [2.45, 2.75) is 38.1 Å². The molecule has 76 valence electrons. The molecule has 1 aromatic rings. The summed E-state index contributed by atoms with van der Waals surface area (Å²) in [6.07, 6.45) is 7.76. The lowest BCUT2D eigenvalue weighted by Crippen LogP contribution is -2.25. The van der Waals surface area contributed by atoms with Crippen molar-refractivity contribution in [3.63, 3.8) is 0 Å². The number of nitrogens with one attached hydrogen (secondary N) is 1. The zero-order chi connectivity index (χ0) is 9.80. The Hall–Kier alpha value is -0.890.